The van der Waals surface area contributed by atoms with Gasteiger partial charge in [-0.3, -0.25) is 9.59 Å². The number of anilines is 1. The molecule has 3 aromatic rings. The Balaban J connectivity index is 1.60. The van der Waals surface area contributed by atoms with Crippen molar-refractivity contribution in [2.45, 2.75) is 19.9 Å². The minimum Gasteiger partial charge on any atom is -0.494 e. The van der Waals surface area contributed by atoms with Gasteiger partial charge in [-0.05, 0) is 60.4 Å². The molecule has 0 N–H and O–H groups in total. The summed E-state index contributed by atoms with van der Waals surface area (Å²) in [7, 11) is 0. The van der Waals surface area contributed by atoms with Crippen LogP contribution in [0.4, 0.5) is 5.69 Å². The maximum Gasteiger partial charge on any atom is 0.282 e. The van der Waals surface area contributed by atoms with Gasteiger partial charge in [0.15, 0.2) is 0 Å². The van der Waals surface area contributed by atoms with Crippen molar-refractivity contribution in [2.24, 2.45) is 0 Å². The molecule has 6 heteroatoms. The molecule has 0 saturated carbocycles. The monoisotopic (exact) mass is 458 g/mol. The zero-order valence-corrected chi connectivity index (χ0v) is 19.0. The van der Waals surface area contributed by atoms with Gasteiger partial charge >= 0.3 is 0 Å². The number of hydrogen-bond donors (Lipinski definition) is 0. The summed E-state index contributed by atoms with van der Waals surface area (Å²) in [5, 5.41) is 0.469. The van der Waals surface area contributed by atoms with Gasteiger partial charge < -0.3 is 9.64 Å². The molecule has 0 fully saturated rings. The van der Waals surface area contributed by atoms with E-state index >= 15 is 0 Å². The molecule has 2 aliphatic rings. The number of rotatable bonds is 5. The number of carbonyl (C=O) groups is 2. The molecule has 5 rings (SSSR count). The van der Waals surface area contributed by atoms with E-state index in [4.69, 9.17) is 16.3 Å². The Morgan fingerprint density at radius 2 is 1.67 bits per heavy atom. The minimum atomic E-state index is -0.347. The Bertz CT molecular complexity index is 1270. The molecule has 0 aliphatic carbocycles. The lowest BCUT2D eigenvalue weighted by molar-refractivity contribution is -0.120. The van der Waals surface area contributed by atoms with Crippen LogP contribution in [-0.2, 0) is 22.6 Å². The van der Waals surface area contributed by atoms with Gasteiger partial charge in [0, 0.05) is 18.1 Å². The quantitative estimate of drug-likeness (QED) is 0.500. The van der Waals surface area contributed by atoms with Crippen molar-refractivity contribution < 1.29 is 14.3 Å². The van der Waals surface area contributed by atoms with Crippen LogP contribution in [0.15, 0.2) is 78.5 Å². The predicted octanol–water partition coefficient (Wildman–Crippen LogP) is 5.08. The van der Waals surface area contributed by atoms with Crippen LogP contribution >= 0.6 is 11.6 Å². The summed E-state index contributed by atoms with van der Waals surface area (Å²) >= 11 is 6.17. The molecule has 33 heavy (non-hydrogen) atoms. The molecule has 0 spiro atoms. The Hall–Kier alpha value is -3.57. The number of benzene rings is 3. The van der Waals surface area contributed by atoms with Gasteiger partial charge in [0.25, 0.3) is 11.8 Å². The van der Waals surface area contributed by atoms with Crippen LogP contribution in [0, 0.1) is 0 Å². The van der Waals surface area contributed by atoms with Crippen molar-refractivity contribution in [1.82, 2.24) is 4.90 Å². The van der Waals surface area contributed by atoms with E-state index in [0.717, 1.165) is 12.2 Å². The first-order chi connectivity index (χ1) is 16.1. The van der Waals surface area contributed by atoms with Gasteiger partial charge in [0.2, 0.25) is 0 Å². The first-order valence-corrected chi connectivity index (χ1v) is 11.4. The number of fused-ring (bicyclic) bond motifs is 1. The molecular weight excluding hydrogens is 436 g/mol. The number of halogens is 1. The first-order valence-electron chi connectivity index (χ1n) is 11.0. The van der Waals surface area contributed by atoms with Crippen LogP contribution in [-0.4, -0.2) is 29.9 Å². The third-order valence-corrected chi connectivity index (χ3v) is 6.26. The fraction of sp³-hybridized carbons (Fsp3) is 0.185. The average Bonchev–Trinajstić information content (AvgIpc) is 3.09. The van der Waals surface area contributed by atoms with Crippen LogP contribution in [0.2, 0.25) is 5.02 Å². The highest BCUT2D eigenvalue weighted by Gasteiger charge is 2.43. The molecule has 2 amide bonds. The van der Waals surface area contributed by atoms with E-state index in [2.05, 4.69) is 12.1 Å². The van der Waals surface area contributed by atoms with Gasteiger partial charge in [0.05, 0.1) is 17.9 Å². The Labute approximate surface area is 197 Å². The second-order valence-corrected chi connectivity index (χ2v) is 8.48. The topological polar surface area (TPSA) is 49.9 Å². The molecule has 0 radical (unpaired) electrons. The smallest absolute Gasteiger partial charge is 0.282 e. The van der Waals surface area contributed by atoms with E-state index < -0.39 is 0 Å². The lowest BCUT2D eigenvalue weighted by Crippen LogP contribution is -2.37. The van der Waals surface area contributed by atoms with Gasteiger partial charge in [0.1, 0.15) is 11.4 Å². The van der Waals surface area contributed by atoms with Crippen LogP contribution in [0.5, 0.6) is 5.75 Å². The lowest BCUT2D eigenvalue weighted by Gasteiger charge is -2.31. The van der Waals surface area contributed by atoms with Gasteiger partial charge in [-0.1, -0.05) is 54.1 Å². The molecule has 2 heterocycles. The van der Waals surface area contributed by atoms with E-state index in [-0.39, 0.29) is 11.8 Å². The molecule has 0 bridgehead atoms. The van der Waals surface area contributed by atoms with E-state index in [1.807, 2.05) is 48.2 Å². The summed E-state index contributed by atoms with van der Waals surface area (Å²) < 4.78 is 5.55. The van der Waals surface area contributed by atoms with Crippen LogP contribution in [0.3, 0.4) is 0 Å². The molecule has 0 unspecified atom stereocenters. The molecule has 3 aromatic carbocycles. The molecule has 0 atom stereocenters. The molecule has 2 aliphatic heterocycles. The first kappa shape index (κ1) is 21.3. The highest BCUT2D eigenvalue weighted by Crippen LogP contribution is 2.37. The normalized spacial score (nSPS) is 15.8. The number of hydrogen-bond acceptors (Lipinski definition) is 4. The molecule has 166 valence electrons. The summed E-state index contributed by atoms with van der Waals surface area (Å²) in [6.07, 6.45) is 0.814. The number of carbonyl (C=O) groups excluding carboxylic acids is 2. The van der Waals surface area contributed by atoms with E-state index in [1.165, 1.54) is 16.0 Å². The van der Waals surface area contributed by atoms with Gasteiger partial charge in [-0.2, -0.15) is 0 Å². The average molecular weight is 459 g/mol. The summed E-state index contributed by atoms with van der Waals surface area (Å²) in [5.74, 6) is 0.0459. The summed E-state index contributed by atoms with van der Waals surface area (Å²) in [6.45, 7) is 3.72. The maximum absolute atomic E-state index is 13.7. The van der Waals surface area contributed by atoms with E-state index in [1.54, 1.807) is 24.3 Å². The Morgan fingerprint density at radius 1 is 0.909 bits per heavy atom. The van der Waals surface area contributed by atoms with Gasteiger partial charge in [-0.25, -0.2) is 4.90 Å². The highest BCUT2D eigenvalue weighted by atomic mass is 35.5. The lowest BCUT2D eigenvalue weighted by atomic mass is 9.98. The third kappa shape index (κ3) is 3.89. The molecule has 5 nitrogen and oxygen atoms in total. The standard InChI is InChI=1S/C27H23ClN2O3/c1-2-33-23-12-10-19(11-13-23)24-25(29-15-14-18-6-3-4-7-20(18)17-29)27(32)30(26(24)31)22-9-5-8-21(28)16-22/h3-13,16H,2,14-15,17H2,1H3. The van der Waals surface area contributed by atoms with Gasteiger partial charge in [-0.15, -0.1) is 0 Å². The largest absolute Gasteiger partial charge is 0.494 e. The van der Waals surface area contributed by atoms with Crippen LogP contribution < -0.4 is 9.64 Å². The summed E-state index contributed by atoms with van der Waals surface area (Å²) in [5.41, 5.74) is 4.44. The van der Waals surface area contributed by atoms with Crippen molar-refractivity contribution >= 4 is 34.7 Å². The minimum absolute atomic E-state index is 0.328. The highest BCUT2D eigenvalue weighted by molar-refractivity contribution is 6.45. The Kier molecular flexibility index (Phi) is 5.65. The molecular formula is C27H23ClN2O3. The van der Waals surface area contributed by atoms with Crippen molar-refractivity contribution in [3.63, 3.8) is 0 Å². The summed E-state index contributed by atoms with van der Waals surface area (Å²) in [6, 6.07) is 22.4. The maximum atomic E-state index is 13.7. The SMILES string of the molecule is CCOc1ccc(C2=C(N3CCc4ccccc4C3)C(=O)N(c3cccc(Cl)c3)C2=O)cc1. The second-order valence-electron chi connectivity index (χ2n) is 8.05. The third-order valence-electron chi connectivity index (χ3n) is 6.03. The fourth-order valence-electron chi connectivity index (χ4n) is 4.49. The number of amides is 2. The number of imide groups is 1. The Morgan fingerprint density at radius 3 is 2.39 bits per heavy atom. The zero-order valence-electron chi connectivity index (χ0n) is 18.3. The van der Waals surface area contributed by atoms with Crippen LogP contribution in [0.1, 0.15) is 23.6 Å². The van der Waals surface area contributed by atoms with Crippen LogP contribution in [0.25, 0.3) is 5.57 Å². The fourth-order valence-corrected chi connectivity index (χ4v) is 4.68. The predicted molar refractivity (Wildman–Crippen MR) is 129 cm³/mol. The molecule has 0 saturated heterocycles. The zero-order chi connectivity index (χ0) is 22.9. The second kappa shape index (κ2) is 8.75. The van der Waals surface area contributed by atoms with Crippen molar-refractivity contribution in [3.8, 4) is 5.75 Å². The summed E-state index contributed by atoms with van der Waals surface area (Å²) in [4.78, 5) is 30.7. The molecule has 0 aromatic heterocycles. The van der Waals surface area contributed by atoms with E-state index in [9.17, 15) is 9.59 Å². The van der Waals surface area contributed by atoms with E-state index in [0.29, 0.717) is 47.2 Å². The number of ether oxygens (including phenoxy) is 1. The van der Waals surface area contributed by atoms with Crippen molar-refractivity contribution in [1.29, 1.82) is 0 Å². The van der Waals surface area contributed by atoms with Crippen molar-refractivity contribution in [3.05, 3.63) is 100 Å². The number of nitrogens with zero attached hydrogens (tertiary/aromatic N) is 2. The van der Waals surface area contributed by atoms with Crippen molar-refractivity contribution in [2.75, 3.05) is 18.1 Å².